The fourth-order valence-corrected chi connectivity index (χ4v) is 0.916. The van der Waals surface area contributed by atoms with Gasteiger partial charge in [-0.15, -0.1) is 4.90 Å². The van der Waals surface area contributed by atoms with Gasteiger partial charge in [-0.25, -0.2) is 0 Å². The molecule has 0 aromatic heterocycles. The molecular formula is C6H13F6N2OP. The average molecular weight is 274 g/mol. The van der Waals surface area contributed by atoms with E-state index in [1.54, 1.807) is 0 Å². The molecule has 0 spiro atoms. The number of nitrogens with two attached hydrogens (primary N) is 1. The number of rotatable bonds is 1. The van der Waals surface area contributed by atoms with E-state index in [9.17, 15) is 25.2 Å². The van der Waals surface area contributed by atoms with Crippen LogP contribution in [0.3, 0.4) is 0 Å². The quantitative estimate of drug-likeness (QED) is 0.453. The Morgan fingerprint density at radius 2 is 1.38 bits per heavy atom. The number of nitrogens with zero attached hydrogens (tertiary/aromatic N) is 1. The molecule has 100 valence electrons. The summed E-state index contributed by atoms with van der Waals surface area (Å²) in [5, 5.41) is 0. The Bertz CT molecular complexity index is 209. The predicted molar refractivity (Wildman–Crippen MR) is 49.1 cm³/mol. The Balaban J connectivity index is 0.000000293. The fourth-order valence-electron chi connectivity index (χ4n) is 0.916. The van der Waals surface area contributed by atoms with Gasteiger partial charge >= 0.3 is 33.0 Å². The monoisotopic (exact) mass is 274 g/mol. The molecule has 0 saturated carbocycles. The number of hydrogen-bond donors (Lipinski definition) is 1. The van der Waals surface area contributed by atoms with Gasteiger partial charge in [-0.05, 0) is 0 Å². The molecule has 0 unspecified atom stereocenters. The summed E-state index contributed by atoms with van der Waals surface area (Å²) in [5.41, 5.74) is 5.55. The first kappa shape index (κ1) is 15.8. The van der Waals surface area contributed by atoms with E-state index in [-0.39, 0.29) is 0 Å². The van der Waals surface area contributed by atoms with Gasteiger partial charge < -0.3 is 4.74 Å². The molecule has 1 aliphatic rings. The Labute approximate surface area is 88.8 Å². The van der Waals surface area contributed by atoms with Crippen LogP contribution < -0.4 is 5.73 Å². The van der Waals surface area contributed by atoms with E-state index in [4.69, 9.17) is 10.5 Å². The summed E-state index contributed by atoms with van der Waals surface area (Å²) >= 11 is 0. The van der Waals surface area contributed by atoms with Crippen LogP contribution in [0.25, 0.3) is 0 Å². The van der Waals surface area contributed by atoms with Crippen LogP contribution >= 0.6 is 7.81 Å². The molecule has 0 bridgehead atoms. The van der Waals surface area contributed by atoms with Crippen LogP contribution in [0.1, 0.15) is 6.92 Å². The number of halogens is 6. The van der Waals surface area contributed by atoms with E-state index in [0.29, 0.717) is 0 Å². The molecule has 0 aromatic carbocycles. The zero-order valence-corrected chi connectivity index (χ0v) is 9.37. The van der Waals surface area contributed by atoms with E-state index in [1.165, 1.54) is 0 Å². The summed E-state index contributed by atoms with van der Waals surface area (Å²) in [5.74, 6) is 0. The predicted octanol–water partition coefficient (Wildman–Crippen LogP) is 3.17. The number of hydrogen-bond acceptors (Lipinski definition) is 3. The summed E-state index contributed by atoms with van der Waals surface area (Å²) in [6.07, 6.45) is 0.901. The molecule has 1 heterocycles. The van der Waals surface area contributed by atoms with E-state index >= 15 is 0 Å². The van der Waals surface area contributed by atoms with Gasteiger partial charge in [0, 0.05) is 0 Å². The molecule has 1 rings (SSSR count). The molecule has 2 N–H and O–H groups in total. The summed E-state index contributed by atoms with van der Waals surface area (Å²) in [7, 11) is -10.7. The zero-order chi connectivity index (χ0) is 13.1. The van der Waals surface area contributed by atoms with Gasteiger partial charge in [0.25, 0.3) is 0 Å². The molecule has 0 radical (unpaired) electrons. The van der Waals surface area contributed by atoms with Gasteiger partial charge in [-0.3, -0.25) is 0 Å². The van der Waals surface area contributed by atoms with Crippen LogP contribution in [0.4, 0.5) is 25.2 Å². The minimum atomic E-state index is -10.7. The molecule has 1 aliphatic heterocycles. The van der Waals surface area contributed by atoms with Gasteiger partial charge in [-0.1, -0.05) is 0 Å². The Morgan fingerprint density at radius 3 is 1.56 bits per heavy atom. The van der Waals surface area contributed by atoms with Gasteiger partial charge in [0.1, 0.15) is 6.92 Å². The second-order valence-electron chi connectivity index (χ2n) is 3.20. The van der Waals surface area contributed by atoms with Crippen LogP contribution in [0, 0.1) is 6.17 Å². The second kappa shape index (κ2) is 4.21. The van der Waals surface area contributed by atoms with Crippen LogP contribution in [-0.2, 0) is 4.74 Å². The van der Waals surface area contributed by atoms with E-state index in [2.05, 4.69) is 4.90 Å². The van der Waals surface area contributed by atoms with Crippen LogP contribution in [0.2, 0.25) is 0 Å². The van der Waals surface area contributed by atoms with Crippen molar-refractivity contribution in [2.45, 2.75) is 6.92 Å². The molecule has 3 nitrogen and oxygen atoms in total. The first-order valence-corrected chi connectivity index (χ1v) is 6.26. The summed E-state index contributed by atoms with van der Waals surface area (Å²) < 4.78 is 64.3. The maximum atomic E-state index is 9.87. The maximum absolute atomic E-state index is 10.7. The Morgan fingerprint density at radius 1 is 1.06 bits per heavy atom. The topological polar surface area (TPSA) is 38.5 Å². The summed E-state index contributed by atoms with van der Waals surface area (Å²) in [6, 6.07) is 0. The summed E-state index contributed by atoms with van der Waals surface area (Å²) in [6.45, 7) is 5.44. The Kier molecular flexibility index (Phi) is 4.15. The van der Waals surface area contributed by atoms with E-state index in [1.807, 2.05) is 6.92 Å². The molecule has 10 heteroatoms. The van der Waals surface area contributed by atoms with Gasteiger partial charge in [0.2, 0.25) is 6.17 Å². The van der Waals surface area contributed by atoms with Crippen LogP contribution in [0.15, 0.2) is 0 Å². The standard InChI is InChI=1S/C6H12N2O.F6P/c1-6(7)8-2-4-9-5-3-8;1-7(2,3,4,5)6/h7H,2-5H2,1H3;/q;-1/p+1. The van der Waals surface area contributed by atoms with E-state index < -0.39 is 7.81 Å². The normalized spacial score (nSPS) is 22.5. The van der Waals surface area contributed by atoms with Crippen molar-refractivity contribution in [3.05, 3.63) is 6.17 Å². The average Bonchev–Trinajstić information content (AvgIpc) is 2.00. The van der Waals surface area contributed by atoms with Crippen LogP contribution in [-0.4, -0.2) is 31.2 Å². The zero-order valence-electron chi connectivity index (χ0n) is 8.48. The van der Waals surface area contributed by atoms with Crippen molar-refractivity contribution in [2.75, 3.05) is 26.3 Å². The van der Waals surface area contributed by atoms with Crippen molar-refractivity contribution < 1.29 is 29.9 Å². The third-order valence-electron chi connectivity index (χ3n) is 1.51. The van der Waals surface area contributed by atoms with Crippen molar-refractivity contribution in [3.63, 3.8) is 0 Å². The number of morpholine rings is 1. The van der Waals surface area contributed by atoms with Crippen molar-refractivity contribution in [3.8, 4) is 0 Å². The van der Waals surface area contributed by atoms with Crippen molar-refractivity contribution in [2.24, 2.45) is 5.73 Å². The van der Waals surface area contributed by atoms with Gasteiger partial charge in [0.15, 0.2) is 0 Å². The van der Waals surface area contributed by atoms with Crippen molar-refractivity contribution in [1.82, 2.24) is 4.90 Å². The summed E-state index contributed by atoms with van der Waals surface area (Å²) in [4.78, 5) is 2.13. The van der Waals surface area contributed by atoms with Crippen molar-refractivity contribution >= 4 is 7.81 Å². The van der Waals surface area contributed by atoms with E-state index in [0.717, 1.165) is 32.5 Å². The first-order chi connectivity index (χ1) is 6.75. The van der Waals surface area contributed by atoms with Crippen LogP contribution in [0.5, 0.6) is 0 Å². The molecule has 0 aromatic rings. The minimum absolute atomic E-state index is 0.814. The molecule has 16 heavy (non-hydrogen) atoms. The molecule has 0 atom stereocenters. The SMILES string of the molecule is C[C+](N)N1CCOCC1.F[P-](F)(F)(F)(F)F. The molecule has 0 aliphatic carbocycles. The third-order valence-corrected chi connectivity index (χ3v) is 1.51. The van der Waals surface area contributed by atoms with Gasteiger partial charge in [0.05, 0.1) is 26.3 Å². The molecule has 0 amide bonds. The first-order valence-electron chi connectivity index (χ1n) is 4.24. The second-order valence-corrected chi connectivity index (χ2v) is 5.12. The molecule has 1 fully saturated rings. The Hall–Kier alpha value is -0.240. The third kappa shape index (κ3) is 16.2. The molecular weight excluding hydrogens is 261 g/mol. The fraction of sp³-hybridized carbons (Fsp3) is 0.833. The van der Waals surface area contributed by atoms with Crippen molar-refractivity contribution in [1.29, 1.82) is 0 Å². The molecule has 1 saturated heterocycles. The van der Waals surface area contributed by atoms with Gasteiger partial charge in [-0.2, -0.15) is 5.73 Å². The number of ether oxygens (including phenoxy) is 1.